The summed E-state index contributed by atoms with van der Waals surface area (Å²) in [7, 11) is 0. The quantitative estimate of drug-likeness (QED) is 0.285. The van der Waals surface area contributed by atoms with Crippen molar-refractivity contribution in [2.24, 2.45) is 0 Å². The van der Waals surface area contributed by atoms with Gasteiger partial charge in [-0.15, -0.1) is 11.3 Å². The zero-order valence-electron chi connectivity index (χ0n) is 22.9. The van der Waals surface area contributed by atoms with Crippen molar-refractivity contribution in [2.75, 3.05) is 11.9 Å². The number of hydrogen-bond acceptors (Lipinski definition) is 8. The second-order valence-electron chi connectivity index (χ2n) is 10.2. The van der Waals surface area contributed by atoms with Crippen molar-refractivity contribution >= 4 is 34.4 Å². The first-order chi connectivity index (χ1) is 21.0. The Morgan fingerprint density at radius 1 is 1.05 bits per heavy atom. The molecule has 1 aliphatic carbocycles. The molecule has 11 heteroatoms. The summed E-state index contributed by atoms with van der Waals surface area (Å²) in [5, 5.41) is 17.3. The van der Waals surface area contributed by atoms with Crippen LogP contribution in [0, 0.1) is 11.3 Å². The Hall–Kier alpha value is -5.05. The Bertz CT molecular complexity index is 1680. The van der Waals surface area contributed by atoms with Crippen LogP contribution in [0.2, 0.25) is 0 Å². The number of thiazole rings is 1. The van der Waals surface area contributed by atoms with E-state index in [9.17, 15) is 19.6 Å². The first-order valence-electron chi connectivity index (χ1n) is 13.8. The third-order valence-corrected chi connectivity index (χ3v) is 7.87. The van der Waals surface area contributed by atoms with Crippen LogP contribution in [0.5, 0.6) is 0 Å². The number of anilines is 1. The summed E-state index contributed by atoms with van der Waals surface area (Å²) < 4.78 is 11.5. The topological polar surface area (TPSA) is 134 Å². The highest BCUT2D eigenvalue weighted by atomic mass is 32.1. The molecule has 1 aliphatic heterocycles. The van der Waals surface area contributed by atoms with E-state index in [0.717, 1.165) is 24.0 Å². The lowest BCUT2D eigenvalue weighted by Crippen LogP contribution is -2.45. The lowest BCUT2D eigenvalue weighted by Gasteiger charge is -2.27. The Morgan fingerprint density at radius 3 is 2.58 bits per heavy atom. The molecule has 6 rings (SSSR count). The minimum atomic E-state index is -1.00. The van der Waals surface area contributed by atoms with Crippen LogP contribution in [0.4, 0.5) is 9.93 Å². The van der Waals surface area contributed by atoms with Gasteiger partial charge in [0, 0.05) is 28.1 Å². The molecule has 0 bridgehead atoms. The number of nitrogens with zero attached hydrogens (tertiary/aromatic N) is 3. The van der Waals surface area contributed by atoms with Gasteiger partial charge < -0.3 is 20.1 Å². The molecule has 10 nitrogen and oxygen atoms in total. The zero-order chi connectivity index (χ0) is 29.8. The van der Waals surface area contributed by atoms with Gasteiger partial charge >= 0.3 is 6.09 Å². The fourth-order valence-electron chi connectivity index (χ4n) is 4.69. The normalized spacial score (nSPS) is 17.6. The molecule has 43 heavy (non-hydrogen) atoms. The number of carbonyl (C=O) groups is 3. The molecule has 1 saturated carbocycles. The molecule has 3 aromatic carbocycles. The molecule has 4 aromatic rings. The molecule has 216 valence electrons. The van der Waals surface area contributed by atoms with Crippen molar-refractivity contribution < 1.29 is 23.9 Å². The van der Waals surface area contributed by atoms with Gasteiger partial charge in [0.1, 0.15) is 12.6 Å². The minimum Gasteiger partial charge on any atom is -0.444 e. The lowest BCUT2D eigenvalue weighted by atomic mass is 10.1. The fourth-order valence-corrected chi connectivity index (χ4v) is 5.41. The Balaban J connectivity index is 1.17. The highest BCUT2D eigenvalue weighted by Crippen LogP contribution is 2.33. The van der Waals surface area contributed by atoms with E-state index in [4.69, 9.17) is 9.47 Å². The molecule has 1 aromatic heterocycles. The van der Waals surface area contributed by atoms with Crippen LogP contribution in [0.1, 0.15) is 46.1 Å². The van der Waals surface area contributed by atoms with Crippen molar-refractivity contribution in [1.82, 2.24) is 15.2 Å². The van der Waals surface area contributed by atoms with Crippen molar-refractivity contribution in [3.05, 3.63) is 106 Å². The van der Waals surface area contributed by atoms with Crippen molar-refractivity contribution in [3.8, 4) is 17.3 Å². The van der Waals surface area contributed by atoms with Gasteiger partial charge in [-0.2, -0.15) is 5.26 Å². The minimum absolute atomic E-state index is 0.0202. The Morgan fingerprint density at radius 2 is 1.84 bits per heavy atom. The highest BCUT2D eigenvalue weighted by molar-refractivity contribution is 7.14. The van der Waals surface area contributed by atoms with Gasteiger partial charge in [-0.05, 0) is 42.7 Å². The predicted octanol–water partition coefficient (Wildman–Crippen LogP) is 5.25. The van der Waals surface area contributed by atoms with Gasteiger partial charge in [0.05, 0.1) is 23.9 Å². The molecule has 3 amide bonds. The average molecular weight is 594 g/mol. The second kappa shape index (κ2) is 12.4. The van der Waals surface area contributed by atoms with Crippen molar-refractivity contribution in [3.63, 3.8) is 0 Å². The number of hydrogen-bond donors (Lipinski definition) is 2. The number of aromatic nitrogens is 1. The maximum absolute atomic E-state index is 13.5. The molecular weight excluding hydrogens is 566 g/mol. The fraction of sp³-hybridized carbons (Fsp3) is 0.219. The summed E-state index contributed by atoms with van der Waals surface area (Å²) in [6.45, 7) is -0.0529. The van der Waals surface area contributed by atoms with Gasteiger partial charge in [-0.25, -0.2) is 9.78 Å². The number of nitrogens with one attached hydrogen (secondary N) is 2. The number of carbonyl (C=O) groups excluding carboxylic acids is 3. The number of benzene rings is 3. The maximum atomic E-state index is 13.5. The van der Waals surface area contributed by atoms with E-state index in [1.54, 1.807) is 36.4 Å². The molecule has 1 saturated heterocycles. The van der Waals surface area contributed by atoms with Crippen LogP contribution in [0.15, 0.2) is 84.2 Å². The van der Waals surface area contributed by atoms with Gasteiger partial charge in [-0.3, -0.25) is 14.5 Å². The number of nitriles is 1. The molecule has 2 N–H and O–H groups in total. The second-order valence-corrected chi connectivity index (χ2v) is 11.1. The molecule has 0 radical (unpaired) electrons. The van der Waals surface area contributed by atoms with Gasteiger partial charge in [0.15, 0.2) is 11.4 Å². The van der Waals surface area contributed by atoms with Crippen molar-refractivity contribution in [1.29, 1.82) is 5.26 Å². The van der Waals surface area contributed by atoms with E-state index >= 15 is 0 Å². The van der Waals surface area contributed by atoms with E-state index in [0.29, 0.717) is 27.5 Å². The van der Waals surface area contributed by atoms with Gasteiger partial charge in [-0.1, -0.05) is 54.6 Å². The molecule has 2 unspecified atom stereocenters. The van der Waals surface area contributed by atoms with E-state index in [1.165, 1.54) is 16.2 Å². The smallest absolute Gasteiger partial charge is 0.413 e. The molecule has 2 fully saturated rings. The third-order valence-electron chi connectivity index (χ3n) is 7.11. The number of ether oxygens (including phenoxy) is 2. The van der Waals surface area contributed by atoms with Crippen LogP contribution in [0.25, 0.3) is 11.3 Å². The van der Waals surface area contributed by atoms with E-state index < -0.39 is 24.3 Å². The van der Waals surface area contributed by atoms with Crippen LogP contribution < -0.4 is 10.6 Å². The Labute approximate surface area is 251 Å². The average Bonchev–Trinajstić information content (AvgIpc) is 3.54. The summed E-state index contributed by atoms with van der Waals surface area (Å²) in [6.07, 6.45) is 0.395. The summed E-state index contributed by atoms with van der Waals surface area (Å²) in [6, 6.07) is 24.4. The summed E-state index contributed by atoms with van der Waals surface area (Å²) >= 11 is 1.24. The maximum Gasteiger partial charge on any atom is 0.413 e. The summed E-state index contributed by atoms with van der Waals surface area (Å²) in [5.41, 5.74) is 3.77. The first-order valence-corrected chi connectivity index (χ1v) is 14.6. The first kappa shape index (κ1) is 28.1. The van der Waals surface area contributed by atoms with E-state index in [2.05, 4.69) is 21.7 Å². The Kier molecular flexibility index (Phi) is 8.13. The molecule has 2 heterocycles. The van der Waals surface area contributed by atoms with Crippen LogP contribution in [0.3, 0.4) is 0 Å². The molecule has 2 atom stereocenters. The van der Waals surface area contributed by atoms with E-state index in [1.807, 2.05) is 47.8 Å². The summed E-state index contributed by atoms with van der Waals surface area (Å²) in [5.74, 6) is -0.577. The zero-order valence-corrected chi connectivity index (χ0v) is 23.8. The van der Waals surface area contributed by atoms with Crippen LogP contribution in [-0.2, 0) is 20.9 Å². The SMILES string of the molecule is N#Cc1cccc(C2OCC(C(=O)Nc3nc(-c4ccc(C(=O)NC5CC5)cc4)cs3)N2C(=O)OCc2ccccc2)c1. The highest BCUT2D eigenvalue weighted by Gasteiger charge is 2.44. The van der Waals surface area contributed by atoms with Gasteiger partial charge in [0.25, 0.3) is 11.8 Å². The van der Waals surface area contributed by atoms with Crippen LogP contribution >= 0.6 is 11.3 Å². The number of amides is 3. The standard InChI is InChI=1S/C32H27N5O5S/c33-16-21-7-4-8-24(15-21)30-37(32(40)42-17-20-5-2-1-3-6-20)27(18-41-30)29(39)36-31-35-26(19-43-31)22-9-11-23(12-10-22)28(38)34-25-13-14-25/h1-12,15,19,25,27,30H,13-14,17-18H2,(H,34,38)(H,35,36,39). The molecule has 2 aliphatic rings. The van der Waals surface area contributed by atoms with Crippen molar-refractivity contribution in [2.45, 2.75) is 37.8 Å². The monoisotopic (exact) mass is 593 g/mol. The predicted molar refractivity (Wildman–Crippen MR) is 159 cm³/mol. The summed E-state index contributed by atoms with van der Waals surface area (Å²) in [4.78, 5) is 45.0. The van der Waals surface area contributed by atoms with Gasteiger partial charge in [0.2, 0.25) is 0 Å². The molecule has 0 spiro atoms. The van der Waals surface area contributed by atoms with Crippen LogP contribution in [-0.4, -0.2) is 46.5 Å². The van der Waals surface area contributed by atoms with E-state index in [-0.39, 0.29) is 25.2 Å². The third kappa shape index (κ3) is 6.56. The largest absolute Gasteiger partial charge is 0.444 e. The lowest BCUT2D eigenvalue weighted by molar-refractivity contribution is -0.120. The number of rotatable bonds is 8. The molecular formula is C32H27N5O5S.